The zero-order valence-corrected chi connectivity index (χ0v) is 10.4. The van der Waals surface area contributed by atoms with E-state index < -0.39 is 16.8 Å². The maximum Gasteiger partial charge on any atom is 0.310 e. The number of hydrogen-bond acceptors (Lipinski definition) is 5. The average Bonchev–Trinajstić information content (AvgIpc) is 2.34. The lowest BCUT2D eigenvalue weighted by Crippen LogP contribution is -2.54. The molecule has 1 N–H and O–H groups in total. The minimum Gasteiger partial charge on any atom is -0.481 e. The number of aliphatic carboxylic acids is 1. The van der Waals surface area contributed by atoms with E-state index in [1.165, 1.54) is 23.1 Å². The maximum atomic E-state index is 11.7. The Morgan fingerprint density at radius 2 is 2.05 bits per heavy atom. The molecule has 1 amide bonds. The Labute approximate surface area is 113 Å². The van der Waals surface area contributed by atoms with Crippen LogP contribution < -0.4 is 4.74 Å². The molecule has 20 heavy (non-hydrogen) atoms. The number of carbonyl (C=O) groups is 2. The number of para-hydroxylation sites is 2. The molecule has 0 spiro atoms. The van der Waals surface area contributed by atoms with Crippen molar-refractivity contribution >= 4 is 17.6 Å². The van der Waals surface area contributed by atoms with Crippen LogP contribution in [0.5, 0.6) is 5.75 Å². The van der Waals surface area contributed by atoms with Gasteiger partial charge in [-0.15, -0.1) is 0 Å². The second kappa shape index (κ2) is 5.55. The third kappa shape index (κ3) is 2.85. The molecule has 1 aromatic rings. The molecule has 106 valence electrons. The van der Waals surface area contributed by atoms with Crippen molar-refractivity contribution in [3.63, 3.8) is 0 Å². The van der Waals surface area contributed by atoms with E-state index in [0.29, 0.717) is 0 Å². The van der Waals surface area contributed by atoms with Crippen molar-refractivity contribution in [3.05, 3.63) is 34.4 Å². The molecule has 0 bridgehead atoms. The Morgan fingerprint density at radius 3 is 2.65 bits per heavy atom. The lowest BCUT2D eigenvalue weighted by Gasteiger charge is -2.36. The van der Waals surface area contributed by atoms with Crippen LogP contribution in [0.1, 0.15) is 0 Å². The second-order valence-electron chi connectivity index (χ2n) is 4.35. The van der Waals surface area contributed by atoms with E-state index >= 15 is 0 Å². The molecule has 0 aliphatic carbocycles. The SMILES string of the molecule is O=C(O)C1CN(C(=O)COc2ccccc2[N+](=O)[O-])C1. The summed E-state index contributed by atoms with van der Waals surface area (Å²) in [5.74, 6) is -1.85. The molecular weight excluding hydrogens is 268 g/mol. The number of carboxylic acid groups (broad SMARTS) is 1. The number of likely N-dealkylation sites (tertiary alicyclic amines) is 1. The molecule has 1 saturated heterocycles. The Hall–Kier alpha value is -2.64. The highest BCUT2D eigenvalue weighted by atomic mass is 16.6. The van der Waals surface area contributed by atoms with Crippen LogP contribution in [0.4, 0.5) is 5.69 Å². The fourth-order valence-electron chi connectivity index (χ4n) is 1.80. The van der Waals surface area contributed by atoms with Gasteiger partial charge >= 0.3 is 11.7 Å². The summed E-state index contributed by atoms with van der Waals surface area (Å²) in [6, 6.07) is 5.75. The number of ether oxygens (including phenoxy) is 1. The van der Waals surface area contributed by atoms with Gasteiger partial charge in [-0.1, -0.05) is 12.1 Å². The van der Waals surface area contributed by atoms with E-state index in [1.807, 2.05) is 0 Å². The van der Waals surface area contributed by atoms with Crippen molar-refractivity contribution in [2.45, 2.75) is 0 Å². The highest BCUT2D eigenvalue weighted by molar-refractivity contribution is 5.82. The van der Waals surface area contributed by atoms with Crippen molar-refractivity contribution in [3.8, 4) is 5.75 Å². The van der Waals surface area contributed by atoms with Crippen molar-refractivity contribution in [2.75, 3.05) is 19.7 Å². The van der Waals surface area contributed by atoms with Crippen LogP contribution in [-0.4, -0.2) is 46.5 Å². The average molecular weight is 280 g/mol. The summed E-state index contributed by atoms with van der Waals surface area (Å²) in [5.41, 5.74) is -0.215. The predicted octanol–water partition coefficient (Wildman–Crippen LogP) is 0.517. The molecule has 0 aromatic heterocycles. The third-order valence-corrected chi connectivity index (χ3v) is 3.00. The Balaban J connectivity index is 1.89. The van der Waals surface area contributed by atoms with E-state index in [4.69, 9.17) is 9.84 Å². The molecule has 0 radical (unpaired) electrons. The van der Waals surface area contributed by atoms with Crippen LogP contribution in [0.25, 0.3) is 0 Å². The Kier molecular flexibility index (Phi) is 3.83. The number of nitro groups is 1. The smallest absolute Gasteiger partial charge is 0.310 e. The van der Waals surface area contributed by atoms with Gasteiger partial charge in [-0.05, 0) is 6.07 Å². The minimum atomic E-state index is -0.936. The van der Waals surface area contributed by atoms with Gasteiger partial charge in [-0.2, -0.15) is 0 Å². The number of carbonyl (C=O) groups excluding carboxylic acids is 1. The first-order valence-corrected chi connectivity index (χ1v) is 5.86. The molecule has 8 heteroatoms. The van der Waals surface area contributed by atoms with E-state index in [2.05, 4.69) is 0 Å². The number of amides is 1. The normalized spacial score (nSPS) is 14.5. The number of hydrogen-bond donors (Lipinski definition) is 1. The number of nitro benzene ring substituents is 1. The van der Waals surface area contributed by atoms with Gasteiger partial charge in [0.15, 0.2) is 12.4 Å². The predicted molar refractivity (Wildman–Crippen MR) is 66.3 cm³/mol. The lowest BCUT2D eigenvalue weighted by molar-refractivity contribution is -0.385. The van der Waals surface area contributed by atoms with E-state index in [-0.39, 0.29) is 37.0 Å². The van der Waals surface area contributed by atoms with Gasteiger partial charge in [-0.3, -0.25) is 19.7 Å². The van der Waals surface area contributed by atoms with E-state index in [1.54, 1.807) is 6.07 Å². The summed E-state index contributed by atoms with van der Waals surface area (Å²) in [5, 5.41) is 19.4. The fourth-order valence-corrected chi connectivity index (χ4v) is 1.80. The van der Waals surface area contributed by atoms with Gasteiger partial charge in [0, 0.05) is 19.2 Å². The summed E-state index contributed by atoms with van der Waals surface area (Å²) < 4.78 is 5.13. The Morgan fingerprint density at radius 1 is 1.40 bits per heavy atom. The highest BCUT2D eigenvalue weighted by Gasteiger charge is 2.35. The summed E-state index contributed by atoms with van der Waals surface area (Å²) in [6.45, 7) is -0.0555. The van der Waals surface area contributed by atoms with Crippen molar-refractivity contribution in [1.29, 1.82) is 0 Å². The van der Waals surface area contributed by atoms with Crippen LogP contribution in [-0.2, 0) is 9.59 Å². The van der Waals surface area contributed by atoms with Crippen molar-refractivity contribution in [1.82, 2.24) is 4.90 Å². The maximum absolute atomic E-state index is 11.7. The minimum absolute atomic E-state index is 0.0150. The van der Waals surface area contributed by atoms with Gasteiger partial charge in [0.25, 0.3) is 5.91 Å². The molecule has 0 unspecified atom stereocenters. The van der Waals surface area contributed by atoms with Gasteiger partial charge in [0.05, 0.1) is 10.8 Å². The summed E-state index contributed by atoms with van der Waals surface area (Å²) in [4.78, 5) is 33.8. The molecule has 1 aromatic carbocycles. The number of rotatable bonds is 5. The highest BCUT2D eigenvalue weighted by Crippen LogP contribution is 2.26. The molecule has 1 heterocycles. The van der Waals surface area contributed by atoms with Gasteiger partial charge in [-0.25, -0.2) is 0 Å². The first kappa shape index (κ1) is 13.8. The van der Waals surface area contributed by atoms with Crippen LogP contribution >= 0.6 is 0 Å². The lowest BCUT2D eigenvalue weighted by atomic mass is 10.0. The molecule has 1 aliphatic rings. The number of benzene rings is 1. The molecule has 8 nitrogen and oxygen atoms in total. The van der Waals surface area contributed by atoms with Gasteiger partial charge in [0.1, 0.15) is 0 Å². The number of nitrogens with zero attached hydrogens (tertiary/aromatic N) is 2. The van der Waals surface area contributed by atoms with Crippen molar-refractivity contribution in [2.24, 2.45) is 5.92 Å². The monoisotopic (exact) mass is 280 g/mol. The summed E-state index contributed by atoms with van der Waals surface area (Å²) in [7, 11) is 0. The topological polar surface area (TPSA) is 110 Å². The van der Waals surface area contributed by atoms with Crippen LogP contribution in [0, 0.1) is 16.0 Å². The van der Waals surface area contributed by atoms with Crippen LogP contribution in [0.15, 0.2) is 24.3 Å². The summed E-state index contributed by atoms with van der Waals surface area (Å²) in [6.07, 6.45) is 0. The zero-order valence-electron chi connectivity index (χ0n) is 10.4. The number of carboxylic acids is 1. The second-order valence-corrected chi connectivity index (χ2v) is 4.35. The zero-order chi connectivity index (χ0) is 14.7. The quantitative estimate of drug-likeness (QED) is 0.621. The molecule has 2 rings (SSSR count). The fraction of sp³-hybridized carbons (Fsp3) is 0.333. The molecular formula is C12H12N2O6. The van der Waals surface area contributed by atoms with E-state index in [0.717, 1.165) is 0 Å². The molecule has 0 atom stereocenters. The Bertz CT molecular complexity index is 553. The third-order valence-electron chi connectivity index (χ3n) is 3.00. The van der Waals surface area contributed by atoms with Crippen molar-refractivity contribution < 1.29 is 24.4 Å². The standard InChI is InChI=1S/C12H12N2O6/c15-11(13-5-8(6-13)12(16)17)7-20-10-4-2-1-3-9(10)14(18)19/h1-4,8H,5-7H2,(H,16,17). The summed E-state index contributed by atoms with van der Waals surface area (Å²) >= 11 is 0. The van der Waals surface area contributed by atoms with E-state index in [9.17, 15) is 19.7 Å². The van der Waals surface area contributed by atoms with Crippen LogP contribution in [0.3, 0.4) is 0 Å². The first-order chi connectivity index (χ1) is 9.49. The first-order valence-electron chi connectivity index (χ1n) is 5.86. The molecule has 1 fully saturated rings. The van der Waals surface area contributed by atoms with Gasteiger partial charge < -0.3 is 14.7 Å². The molecule has 1 aliphatic heterocycles. The molecule has 0 saturated carbocycles. The van der Waals surface area contributed by atoms with Crippen LogP contribution in [0.2, 0.25) is 0 Å². The largest absolute Gasteiger partial charge is 0.481 e. The van der Waals surface area contributed by atoms with Gasteiger partial charge in [0.2, 0.25) is 0 Å².